The Bertz CT molecular complexity index is 1270. The van der Waals surface area contributed by atoms with E-state index in [1.54, 1.807) is 40.8 Å². The van der Waals surface area contributed by atoms with Gasteiger partial charge in [-0.15, -0.1) is 0 Å². The van der Waals surface area contributed by atoms with Crippen LogP contribution in [0.2, 0.25) is 5.02 Å². The second-order valence-electron chi connectivity index (χ2n) is 8.94. The fraction of sp³-hybridized carbons (Fsp3) is 0.360. The molecule has 2 aliphatic heterocycles. The van der Waals surface area contributed by atoms with Gasteiger partial charge in [0.15, 0.2) is 0 Å². The molecule has 2 aliphatic rings. The van der Waals surface area contributed by atoms with Crippen LogP contribution in [0.15, 0.2) is 59.4 Å². The molecule has 34 heavy (non-hydrogen) atoms. The van der Waals surface area contributed by atoms with Crippen molar-refractivity contribution in [1.82, 2.24) is 19.2 Å². The fourth-order valence-corrected chi connectivity index (χ4v) is 5.08. The molecule has 0 N–H and O–H groups in total. The van der Waals surface area contributed by atoms with E-state index < -0.39 is 0 Å². The summed E-state index contributed by atoms with van der Waals surface area (Å²) >= 11 is 5.97. The van der Waals surface area contributed by atoms with E-state index in [-0.39, 0.29) is 35.8 Å². The SMILES string of the molecule is Cn1nc(C2CCCN(C(=O)C3CC(=O)N(c4ccc(Cl)cc4)C3)C2)n(-c2ccccc2)c1=O. The number of hydrogen-bond donors (Lipinski definition) is 0. The zero-order valence-corrected chi connectivity index (χ0v) is 19.7. The summed E-state index contributed by atoms with van der Waals surface area (Å²) in [6.07, 6.45) is 1.85. The van der Waals surface area contributed by atoms with Gasteiger partial charge in [-0.3, -0.25) is 9.59 Å². The van der Waals surface area contributed by atoms with Crippen LogP contribution >= 0.6 is 11.6 Å². The number of anilines is 1. The summed E-state index contributed by atoms with van der Waals surface area (Å²) in [7, 11) is 1.65. The Labute approximate surface area is 202 Å². The first-order chi connectivity index (χ1) is 16.4. The number of rotatable bonds is 4. The van der Waals surface area contributed by atoms with Crippen LogP contribution in [0.25, 0.3) is 5.69 Å². The molecule has 1 aromatic heterocycles. The van der Waals surface area contributed by atoms with Gasteiger partial charge in [0.1, 0.15) is 5.82 Å². The van der Waals surface area contributed by atoms with E-state index in [2.05, 4.69) is 5.10 Å². The van der Waals surface area contributed by atoms with Crippen molar-refractivity contribution in [2.45, 2.75) is 25.2 Å². The molecule has 2 atom stereocenters. The number of nitrogens with zero attached hydrogens (tertiary/aromatic N) is 5. The van der Waals surface area contributed by atoms with Gasteiger partial charge in [-0.2, -0.15) is 5.10 Å². The van der Waals surface area contributed by atoms with Crippen molar-refractivity contribution in [3.05, 3.63) is 75.9 Å². The summed E-state index contributed by atoms with van der Waals surface area (Å²) in [5, 5.41) is 5.13. The third-order valence-electron chi connectivity index (χ3n) is 6.67. The zero-order chi connectivity index (χ0) is 23.8. The second kappa shape index (κ2) is 9.10. The maximum Gasteiger partial charge on any atom is 0.350 e. The number of halogens is 1. The van der Waals surface area contributed by atoms with E-state index in [0.29, 0.717) is 30.5 Å². The normalized spacial score (nSPS) is 20.7. The first-order valence-electron chi connectivity index (χ1n) is 11.5. The molecule has 0 saturated carbocycles. The van der Waals surface area contributed by atoms with Crippen molar-refractivity contribution in [3.8, 4) is 5.69 Å². The van der Waals surface area contributed by atoms with E-state index in [4.69, 9.17) is 11.6 Å². The number of aryl methyl sites for hydroxylation is 1. The third-order valence-corrected chi connectivity index (χ3v) is 6.93. The van der Waals surface area contributed by atoms with E-state index >= 15 is 0 Å². The molecule has 2 amide bonds. The van der Waals surface area contributed by atoms with Gasteiger partial charge in [-0.05, 0) is 49.2 Å². The van der Waals surface area contributed by atoms with Crippen LogP contribution in [-0.2, 0) is 16.6 Å². The Balaban J connectivity index is 1.34. The standard InChI is InChI=1S/C25H26ClN5O3/c1-28-25(34)31(21-7-3-2-4-8-21)23(27-28)17-6-5-13-29(15-17)24(33)18-14-22(32)30(16-18)20-11-9-19(26)10-12-20/h2-4,7-12,17-18H,5-6,13-16H2,1H3. The maximum atomic E-state index is 13.4. The number of carbonyl (C=O) groups excluding carboxylic acids is 2. The van der Waals surface area contributed by atoms with Crippen LogP contribution in [0, 0.1) is 5.92 Å². The van der Waals surface area contributed by atoms with E-state index in [1.807, 2.05) is 35.2 Å². The number of piperidine rings is 1. The first kappa shape index (κ1) is 22.4. The monoisotopic (exact) mass is 479 g/mol. The molecule has 8 nitrogen and oxygen atoms in total. The van der Waals surface area contributed by atoms with Gasteiger partial charge in [-0.25, -0.2) is 14.0 Å². The zero-order valence-electron chi connectivity index (χ0n) is 18.9. The number of likely N-dealkylation sites (tertiary alicyclic amines) is 1. The van der Waals surface area contributed by atoms with Gasteiger partial charge in [0.05, 0.1) is 11.6 Å². The smallest absolute Gasteiger partial charge is 0.342 e. The summed E-state index contributed by atoms with van der Waals surface area (Å²) in [5.74, 6) is 0.149. The van der Waals surface area contributed by atoms with E-state index in [9.17, 15) is 14.4 Å². The van der Waals surface area contributed by atoms with Gasteiger partial charge in [0, 0.05) is 49.7 Å². The molecule has 0 radical (unpaired) electrons. The Morgan fingerprint density at radius 3 is 2.47 bits per heavy atom. The highest BCUT2D eigenvalue weighted by Gasteiger charge is 2.39. The minimum atomic E-state index is -0.387. The predicted octanol–water partition coefficient (Wildman–Crippen LogP) is 2.98. The first-order valence-corrected chi connectivity index (χ1v) is 11.9. The number of hydrogen-bond acceptors (Lipinski definition) is 4. The summed E-state index contributed by atoms with van der Waals surface area (Å²) in [4.78, 5) is 42.4. The summed E-state index contributed by atoms with van der Waals surface area (Å²) < 4.78 is 2.99. The number of aromatic nitrogens is 3. The minimum absolute atomic E-state index is 0.0148. The number of para-hydroxylation sites is 1. The number of benzene rings is 2. The summed E-state index contributed by atoms with van der Waals surface area (Å²) in [6.45, 7) is 1.48. The Hall–Kier alpha value is -3.39. The molecule has 2 fully saturated rings. The van der Waals surface area contributed by atoms with Crippen molar-refractivity contribution in [2.75, 3.05) is 24.5 Å². The average Bonchev–Trinajstić information content (AvgIpc) is 3.39. The quantitative estimate of drug-likeness (QED) is 0.576. The van der Waals surface area contributed by atoms with Crippen LogP contribution < -0.4 is 10.6 Å². The van der Waals surface area contributed by atoms with Crippen molar-refractivity contribution < 1.29 is 9.59 Å². The lowest BCUT2D eigenvalue weighted by Crippen LogP contribution is -2.43. The van der Waals surface area contributed by atoms with Crippen molar-refractivity contribution in [2.24, 2.45) is 13.0 Å². The van der Waals surface area contributed by atoms with Crippen molar-refractivity contribution in [3.63, 3.8) is 0 Å². The third kappa shape index (κ3) is 4.14. The van der Waals surface area contributed by atoms with Crippen LogP contribution in [0.5, 0.6) is 0 Å². The predicted molar refractivity (Wildman–Crippen MR) is 129 cm³/mol. The highest BCUT2D eigenvalue weighted by atomic mass is 35.5. The van der Waals surface area contributed by atoms with E-state index in [0.717, 1.165) is 24.2 Å². The molecule has 5 rings (SSSR count). The van der Waals surface area contributed by atoms with Crippen LogP contribution in [0.1, 0.15) is 31.0 Å². The highest BCUT2D eigenvalue weighted by molar-refractivity contribution is 6.30. The minimum Gasteiger partial charge on any atom is -0.342 e. The maximum absolute atomic E-state index is 13.4. The van der Waals surface area contributed by atoms with Crippen LogP contribution in [0.4, 0.5) is 5.69 Å². The molecular weight excluding hydrogens is 454 g/mol. The summed E-state index contributed by atoms with van der Waals surface area (Å²) in [5.41, 5.74) is 1.31. The molecular formula is C25H26ClN5O3. The molecule has 2 saturated heterocycles. The lowest BCUT2D eigenvalue weighted by atomic mass is 9.95. The second-order valence-corrected chi connectivity index (χ2v) is 9.38. The molecule has 2 aromatic carbocycles. The topological polar surface area (TPSA) is 80.4 Å². The molecule has 3 aromatic rings. The van der Waals surface area contributed by atoms with Crippen LogP contribution in [0.3, 0.4) is 0 Å². The van der Waals surface area contributed by atoms with Gasteiger partial charge < -0.3 is 9.80 Å². The fourth-order valence-electron chi connectivity index (χ4n) is 4.96. The lowest BCUT2D eigenvalue weighted by Gasteiger charge is -2.33. The molecule has 3 heterocycles. The molecule has 0 spiro atoms. The molecule has 2 unspecified atom stereocenters. The highest BCUT2D eigenvalue weighted by Crippen LogP contribution is 2.31. The van der Waals surface area contributed by atoms with Gasteiger partial charge in [-0.1, -0.05) is 29.8 Å². The Morgan fingerprint density at radius 2 is 1.74 bits per heavy atom. The number of carbonyl (C=O) groups is 2. The molecule has 176 valence electrons. The van der Waals surface area contributed by atoms with Crippen LogP contribution in [-0.4, -0.2) is 50.7 Å². The molecule has 0 aliphatic carbocycles. The summed E-state index contributed by atoms with van der Waals surface area (Å²) in [6, 6.07) is 16.5. The number of amides is 2. The van der Waals surface area contributed by atoms with E-state index in [1.165, 1.54) is 4.68 Å². The average molecular weight is 480 g/mol. The van der Waals surface area contributed by atoms with Gasteiger partial charge in [0.25, 0.3) is 0 Å². The lowest BCUT2D eigenvalue weighted by molar-refractivity contribution is -0.137. The van der Waals surface area contributed by atoms with Gasteiger partial charge in [0.2, 0.25) is 11.8 Å². The largest absolute Gasteiger partial charge is 0.350 e. The van der Waals surface area contributed by atoms with Crippen molar-refractivity contribution in [1.29, 1.82) is 0 Å². The Morgan fingerprint density at radius 1 is 1.00 bits per heavy atom. The Kier molecular flexibility index (Phi) is 6.00. The van der Waals surface area contributed by atoms with Crippen molar-refractivity contribution >= 4 is 29.1 Å². The van der Waals surface area contributed by atoms with Gasteiger partial charge >= 0.3 is 5.69 Å². The molecule has 0 bridgehead atoms. The molecule has 9 heteroatoms.